The molecule has 2 aliphatic rings. The molecule has 0 radical (unpaired) electrons. The summed E-state index contributed by atoms with van der Waals surface area (Å²) < 4.78 is 40.2. The minimum Gasteiger partial charge on any atom is -0.474 e. The number of ether oxygens (including phenoxy) is 1. The van der Waals surface area contributed by atoms with Crippen molar-refractivity contribution in [2.45, 2.75) is 64.1 Å². The fourth-order valence-corrected chi connectivity index (χ4v) is 4.75. The number of fused-ring (bicyclic) bond motifs is 1. The number of piperidine rings is 1. The van der Waals surface area contributed by atoms with E-state index in [2.05, 4.69) is 23.5 Å². The van der Waals surface area contributed by atoms with Crippen LogP contribution in [0.5, 0.6) is 5.75 Å². The molecule has 2 aliphatic heterocycles. The highest BCUT2D eigenvalue weighted by atomic mass is 32.2. The molecule has 25 heavy (non-hydrogen) atoms. The molecule has 0 bridgehead atoms. The fraction of sp³-hybridized carbons (Fsp3) is 0.667. The third-order valence-electron chi connectivity index (χ3n) is 5.36. The molecule has 3 rings (SSSR count). The summed E-state index contributed by atoms with van der Waals surface area (Å²) in [5, 5.41) is 0. The molecule has 0 aromatic heterocycles. The van der Waals surface area contributed by atoms with E-state index in [0.717, 1.165) is 30.0 Å². The Morgan fingerprint density at radius 1 is 1.24 bits per heavy atom. The molecule has 0 saturated carbocycles. The van der Waals surface area contributed by atoms with Crippen LogP contribution in [-0.4, -0.2) is 37.2 Å². The summed E-state index contributed by atoms with van der Waals surface area (Å²) in [4.78, 5) is 2.41. The van der Waals surface area contributed by atoms with Crippen LogP contribution in [0, 0.1) is 0 Å². The Balaban J connectivity index is 1.92. The van der Waals surface area contributed by atoms with Gasteiger partial charge in [0.1, 0.15) is 5.75 Å². The second-order valence-electron chi connectivity index (χ2n) is 8.20. The van der Waals surface area contributed by atoms with Crippen LogP contribution < -0.4 is 9.46 Å². The van der Waals surface area contributed by atoms with Gasteiger partial charge in [-0.05, 0) is 44.4 Å². The molecule has 1 unspecified atom stereocenters. The minimum atomic E-state index is -4.29. The van der Waals surface area contributed by atoms with E-state index < -0.39 is 15.8 Å². The van der Waals surface area contributed by atoms with E-state index in [1.54, 1.807) is 13.8 Å². The van der Waals surface area contributed by atoms with Crippen molar-refractivity contribution in [3.63, 3.8) is 0 Å². The van der Waals surface area contributed by atoms with Gasteiger partial charge in [-0.25, -0.2) is 0 Å². The average Bonchev–Trinajstić information content (AvgIpc) is 2.77. The third-order valence-corrected chi connectivity index (χ3v) is 6.13. The van der Waals surface area contributed by atoms with Crippen LogP contribution in [0.4, 0.5) is 0 Å². The van der Waals surface area contributed by atoms with Crippen molar-refractivity contribution in [1.82, 2.24) is 9.62 Å². The number of hydrogen-bond acceptors (Lipinski definition) is 4. The number of rotatable bonds is 4. The first-order valence-corrected chi connectivity index (χ1v) is 10.3. The van der Waals surface area contributed by atoms with Gasteiger partial charge in [0.2, 0.25) is 0 Å². The topological polar surface area (TPSA) is 78.9 Å². The van der Waals surface area contributed by atoms with Crippen LogP contribution in [0.1, 0.15) is 58.1 Å². The van der Waals surface area contributed by atoms with Gasteiger partial charge in [0.25, 0.3) is 0 Å². The van der Waals surface area contributed by atoms with Gasteiger partial charge in [0.15, 0.2) is 6.23 Å². The molecule has 0 spiro atoms. The van der Waals surface area contributed by atoms with Crippen molar-refractivity contribution in [2.24, 2.45) is 0 Å². The Bertz CT molecular complexity index is 752. The van der Waals surface area contributed by atoms with E-state index in [1.807, 2.05) is 18.2 Å². The quantitative estimate of drug-likeness (QED) is 0.799. The summed E-state index contributed by atoms with van der Waals surface area (Å²) in [6, 6.07) is 5.76. The van der Waals surface area contributed by atoms with Crippen LogP contribution in [0.25, 0.3) is 0 Å². The highest BCUT2D eigenvalue weighted by Gasteiger charge is 2.45. The lowest BCUT2D eigenvalue weighted by Gasteiger charge is -2.38. The minimum absolute atomic E-state index is 0.00399. The van der Waals surface area contributed by atoms with Crippen molar-refractivity contribution >= 4 is 10.3 Å². The monoisotopic (exact) mass is 368 g/mol. The van der Waals surface area contributed by atoms with Crippen LogP contribution in [0.3, 0.4) is 0 Å². The van der Waals surface area contributed by atoms with E-state index in [1.165, 1.54) is 19.3 Å². The number of likely N-dealkylation sites (tertiary alicyclic amines) is 1. The molecular formula is C18H28N2O4S. The van der Waals surface area contributed by atoms with Crippen molar-refractivity contribution in [1.29, 1.82) is 0 Å². The second-order valence-corrected chi connectivity index (χ2v) is 9.36. The lowest BCUT2D eigenvalue weighted by Crippen LogP contribution is -2.49. The van der Waals surface area contributed by atoms with Crippen molar-refractivity contribution in [3.8, 4) is 5.75 Å². The Labute approximate surface area is 150 Å². The first-order valence-electron chi connectivity index (χ1n) is 8.83. The standard InChI is InChI=1S/C18H28N2O4S/c1-17(2)14-12-13(18(3,4)19-25(21,22)23)8-9-15(14)24-16(17)20-10-6-5-7-11-20/h8-9,12,16,19H,5-7,10-11H2,1-4H3,(H,21,22,23). The van der Waals surface area contributed by atoms with Gasteiger partial charge < -0.3 is 4.74 Å². The van der Waals surface area contributed by atoms with Gasteiger partial charge in [-0.1, -0.05) is 26.3 Å². The summed E-state index contributed by atoms with van der Waals surface area (Å²) >= 11 is 0. The summed E-state index contributed by atoms with van der Waals surface area (Å²) in [6.45, 7) is 9.90. The number of benzene rings is 1. The van der Waals surface area contributed by atoms with Crippen LogP contribution in [-0.2, 0) is 21.3 Å². The Morgan fingerprint density at radius 3 is 2.48 bits per heavy atom. The highest BCUT2D eigenvalue weighted by molar-refractivity contribution is 7.83. The number of hydrogen-bond donors (Lipinski definition) is 2. The van der Waals surface area contributed by atoms with Crippen LogP contribution >= 0.6 is 0 Å². The van der Waals surface area contributed by atoms with Crippen LogP contribution in [0.2, 0.25) is 0 Å². The van der Waals surface area contributed by atoms with Crippen molar-refractivity contribution in [3.05, 3.63) is 29.3 Å². The fourth-order valence-electron chi connectivity index (χ4n) is 3.99. The zero-order valence-corrected chi connectivity index (χ0v) is 16.2. The molecule has 1 saturated heterocycles. The molecule has 1 fully saturated rings. The Kier molecular flexibility index (Phi) is 4.64. The van der Waals surface area contributed by atoms with Gasteiger partial charge in [-0.15, -0.1) is 0 Å². The number of nitrogens with zero attached hydrogens (tertiary/aromatic N) is 1. The lowest BCUT2D eigenvalue weighted by atomic mass is 9.81. The maximum Gasteiger partial charge on any atom is 0.334 e. The maximum atomic E-state index is 11.3. The number of nitrogens with one attached hydrogen (secondary N) is 1. The lowest BCUT2D eigenvalue weighted by molar-refractivity contribution is -0.0131. The van der Waals surface area contributed by atoms with E-state index in [-0.39, 0.29) is 11.6 Å². The first-order chi connectivity index (χ1) is 11.5. The maximum absolute atomic E-state index is 11.3. The highest BCUT2D eigenvalue weighted by Crippen LogP contribution is 2.45. The van der Waals surface area contributed by atoms with Gasteiger partial charge in [0, 0.05) is 24.1 Å². The predicted octanol–water partition coefficient (Wildman–Crippen LogP) is 2.80. The smallest absolute Gasteiger partial charge is 0.334 e. The molecule has 1 aromatic rings. The SMILES string of the molecule is CC(C)(NS(=O)(=O)O)c1ccc2c(c1)C(C)(C)C(N1CCCCC1)O2. The molecule has 1 atom stereocenters. The van der Waals surface area contributed by atoms with Crippen molar-refractivity contribution in [2.75, 3.05) is 13.1 Å². The molecule has 2 N–H and O–H groups in total. The summed E-state index contributed by atoms with van der Waals surface area (Å²) in [6.07, 6.45) is 3.66. The average molecular weight is 368 g/mol. The first kappa shape index (κ1) is 18.6. The summed E-state index contributed by atoms with van der Waals surface area (Å²) in [5.74, 6) is 0.854. The Hall–Kier alpha value is -1.15. The van der Waals surface area contributed by atoms with Gasteiger partial charge in [-0.3, -0.25) is 9.45 Å². The summed E-state index contributed by atoms with van der Waals surface area (Å²) in [7, 11) is -4.29. The van der Waals surface area contributed by atoms with Gasteiger partial charge in [-0.2, -0.15) is 13.1 Å². The van der Waals surface area contributed by atoms with E-state index in [9.17, 15) is 8.42 Å². The van der Waals surface area contributed by atoms with E-state index >= 15 is 0 Å². The normalized spacial score (nSPS) is 24.0. The predicted molar refractivity (Wildman–Crippen MR) is 97.0 cm³/mol. The summed E-state index contributed by atoms with van der Waals surface area (Å²) in [5.41, 5.74) is 0.754. The molecule has 6 nitrogen and oxygen atoms in total. The largest absolute Gasteiger partial charge is 0.474 e. The second kappa shape index (κ2) is 6.23. The zero-order chi connectivity index (χ0) is 18.5. The van der Waals surface area contributed by atoms with Gasteiger partial charge in [0.05, 0.1) is 5.54 Å². The van der Waals surface area contributed by atoms with E-state index in [4.69, 9.17) is 9.29 Å². The third kappa shape index (κ3) is 3.69. The van der Waals surface area contributed by atoms with Gasteiger partial charge >= 0.3 is 10.3 Å². The Morgan fingerprint density at radius 2 is 1.88 bits per heavy atom. The molecule has 140 valence electrons. The van der Waals surface area contributed by atoms with Crippen molar-refractivity contribution < 1.29 is 17.7 Å². The zero-order valence-electron chi connectivity index (χ0n) is 15.4. The molecule has 7 heteroatoms. The molecular weight excluding hydrogens is 340 g/mol. The van der Waals surface area contributed by atoms with E-state index in [0.29, 0.717) is 0 Å². The molecule has 2 heterocycles. The van der Waals surface area contributed by atoms with Crippen LogP contribution in [0.15, 0.2) is 18.2 Å². The molecule has 1 aromatic carbocycles. The molecule has 0 aliphatic carbocycles. The molecule has 0 amide bonds.